The summed E-state index contributed by atoms with van der Waals surface area (Å²) in [5, 5.41) is 3.42. The quantitative estimate of drug-likeness (QED) is 0.611. The summed E-state index contributed by atoms with van der Waals surface area (Å²) in [5.74, 6) is -0.212. The van der Waals surface area contributed by atoms with E-state index in [1.165, 1.54) is 6.42 Å². The molecule has 0 amide bonds. The van der Waals surface area contributed by atoms with E-state index in [2.05, 4.69) is 72.8 Å². The zero-order valence-electron chi connectivity index (χ0n) is 15.6. The van der Waals surface area contributed by atoms with Gasteiger partial charge in [0, 0.05) is 0 Å². The minimum atomic E-state index is -3.42. The van der Waals surface area contributed by atoms with Crippen LogP contribution >= 0.6 is 6.83 Å². The maximum absolute atomic E-state index is 12.6. The molecule has 1 fully saturated rings. The Balaban J connectivity index is 2.20. The van der Waals surface area contributed by atoms with Crippen molar-refractivity contribution >= 4 is 28.7 Å². The van der Waals surface area contributed by atoms with Gasteiger partial charge >= 0.3 is 161 Å². The molecule has 0 atom stereocenters. The van der Waals surface area contributed by atoms with Crippen LogP contribution in [0.3, 0.4) is 0 Å². The summed E-state index contributed by atoms with van der Waals surface area (Å²) >= 11 is 0. The average molecular weight is 376 g/mol. The van der Waals surface area contributed by atoms with Gasteiger partial charge in [-0.2, -0.15) is 0 Å². The van der Waals surface area contributed by atoms with Crippen molar-refractivity contribution in [3.05, 3.63) is 91.0 Å². The first-order valence-electron chi connectivity index (χ1n) is 9.57. The van der Waals surface area contributed by atoms with E-state index in [0.29, 0.717) is 5.66 Å². The molecule has 0 spiro atoms. The number of hydrogen-bond donors (Lipinski definition) is 0. The number of hydrogen-bond acceptors (Lipinski definition) is 2. The topological polar surface area (TPSA) is 26.3 Å². The van der Waals surface area contributed by atoms with E-state index in [-0.39, 0.29) is 5.97 Å². The van der Waals surface area contributed by atoms with Crippen LogP contribution < -0.4 is 15.9 Å². The van der Waals surface area contributed by atoms with Crippen molar-refractivity contribution in [2.45, 2.75) is 31.8 Å². The first kappa shape index (κ1) is 17.9. The molecule has 0 unspecified atom stereocenters. The number of rotatable bonds is 5. The van der Waals surface area contributed by atoms with E-state index < -0.39 is 6.83 Å². The summed E-state index contributed by atoms with van der Waals surface area (Å²) in [4.78, 5) is 12.6. The Morgan fingerprint density at radius 2 is 1.11 bits per heavy atom. The summed E-state index contributed by atoms with van der Waals surface area (Å²) in [6.45, 7) is -1.87. The Labute approximate surface area is 161 Å². The molecule has 0 aliphatic heterocycles. The summed E-state index contributed by atoms with van der Waals surface area (Å²) in [7, 11) is 0. The predicted octanol–water partition coefficient (Wildman–Crippen LogP) is 4.55. The first-order valence-corrected chi connectivity index (χ1v) is 11.8. The van der Waals surface area contributed by atoms with E-state index >= 15 is 0 Å². The fraction of sp³-hybridized carbons (Fsp3) is 0.208. The second-order valence-electron chi connectivity index (χ2n) is 7.28. The molecule has 1 aliphatic rings. The molecule has 0 N–H and O–H groups in total. The monoisotopic (exact) mass is 376 g/mol. The summed E-state index contributed by atoms with van der Waals surface area (Å²) in [5.41, 5.74) is 0.312. The average Bonchev–Trinajstić information content (AvgIpc) is 2.68. The first-order chi connectivity index (χ1) is 13.2. The minimum absolute atomic E-state index is 0.212. The molecule has 3 aromatic rings. The van der Waals surface area contributed by atoms with Gasteiger partial charge in [0.05, 0.1) is 0 Å². The molecule has 3 aromatic carbocycles. The van der Waals surface area contributed by atoms with E-state index in [9.17, 15) is 4.79 Å². The van der Waals surface area contributed by atoms with Gasteiger partial charge in [-0.15, -0.1) is 0 Å². The molecule has 1 aliphatic carbocycles. The molecule has 1 saturated carbocycles. The number of carbonyl (C=O) groups excluding carboxylic acids is 1. The van der Waals surface area contributed by atoms with Crippen LogP contribution in [0.25, 0.3) is 0 Å². The van der Waals surface area contributed by atoms with Gasteiger partial charge in [-0.05, 0) is 0 Å². The summed E-state index contributed by atoms with van der Waals surface area (Å²) in [6, 6.07) is 31.4. The number of carbonyl (C=O) groups is 1. The van der Waals surface area contributed by atoms with Gasteiger partial charge in [0.25, 0.3) is 0 Å². The maximum atomic E-state index is 12.6. The van der Waals surface area contributed by atoms with Crippen LogP contribution in [0.4, 0.5) is 0 Å². The second kappa shape index (κ2) is 6.94. The number of benzene rings is 3. The van der Waals surface area contributed by atoms with Crippen molar-refractivity contribution in [1.82, 2.24) is 0 Å². The Morgan fingerprint density at radius 1 is 0.741 bits per heavy atom. The van der Waals surface area contributed by atoms with Crippen LogP contribution in [0.5, 0.6) is 0 Å². The Bertz CT molecular complexity index is 819. The van der Waals surface area contributed by atoms with Crippen LogP contribution in [0.2, 0.25) is 0 Å². The second-order valence-corrected chi connectivity index (χ2v) is 11.9. The third-order valence-corrected chi connectivity index (χ3v) is 12.4. The standard InChI is InChI=1S/C24H25O2P/c1-20(25)26-27(24-18-11-19-24,21-12-5-2-6-13-21,22-14-7-3-8-15-22)23-16-9-4-10-17-23/h2-10,12-17,24H,11,18-19H2,1H3. The molecule has 2 nitrogen and oxygen atoms in total. The van der Waals surface area contributed by atoms with Gasteiger partial charge in [-0.1, -0.05) is 0 Å². The van der Waals surface area contributed by atoms with Crippen molar-refractivity contribution in [3.63, 3.8) is 0 Å². The molecule has 0 aromatic heterocycles. The molecule has 0 heterocycles. The third kappa shape index (κ3) is 2.55. The Morgan fingerprint density at radius 3 is 1.37 bits per heavy atom. The molecule has 0 bridgehead atoms. The normalized spacial score (nSPS) is 16.0. The van der Waals surface area contributed by atoms with Crippen molar-refractivity contribution < 1.29 is 9.32 Å². The van der Waals surface area contributed by atoms with Crippen molar-refractivity contribution in [1.29, 1.82) is 0 Å². The SMILES string of the molecule is CC(=O)OP(c1ccccc1)(c1ccccc1)(c1ccccc1)C1CCC1. The molecule has 27 heavy (non-hydrogen) atoms. The Kier molecular flexibility index (Phi) is 4.61. The van der Waals surface area contributed by atoms with Crippen LogP contribution in [0.15, 0.2) is 91.0 Å². The van der Waals surface area contributed by atoms with Gasteiger partial charge in [0.15, 0.2) is 0 Å². The summed E-state index contributed by atoms with van der Waals surface area (Å²) in [6.07, 6.45) is 3.32. The van der Waals surface area contributed by atoms with E-state index in [1.54, 1.807) is 6.92 Å². The van der Waals surface area contributed by atoms with Crippen molar-refractivity contribution in [3.8, 4) is 0 Å². The molecular formula is C24H25O2P. The van der Waals surface area contributed by atoms with Crippen LogP contribution in [-0.2, 0) is 9.32 Å². The van der Waals surface area contributed by atoms with E-state index in [0.717, 1.165) is 28.8 Å². The van der Waals surface area contributed by atoms with Gasteiger partial charge in [-0.25, -0.2) is 0 Å². The zero-order chi connectivity index (χ0) is 18.8. The van der Waals surface area contributed by atoms with E-state index in [4.69, 9.17) is 4.52 Å². The molecule has 4 rings (SSSR count). The zero-order valence-corrected chi connectivity index (χ0v) is 16.5. The molecule has 138 valence electrons. The van der Waals surface area contributed by atoms with Gasteiger partial charge in [-0.3, -0.25) is 0 Å². The van der Waals surface area contributed by atoms with Gasteiger partial charge < -0.3 is 0 Å². The third-order valence-electron chi connectivity index (χ3n) is 5.90. The van der Waals surface area contributed by atoms with Crippen molar-refractivity contribution in [2.24, 2.45) is 0 Å². The van der Waals surface area contributed by atoms with Crippen LogP contribution in [0.1, 0.15) is 26.2 Å². The van der Waals surface area contributed by atoms with Crippen LogP contribution in [-0.4, -0.2) is 11.6 Å². The molecular weight excluding hydrogens is 351 g/mol. The van der Waals surface area contributed by atoms with E-state index in [1.807, 2.05) is 18.2 Å². The molecule has 0 saturated heterocycles. The molecule has 3 heteroatoms. The summed E-state index contributed by atoms with van der Waals surface area (Å²) < 4.78 is 6.68. The predicted molar refractivity (Wildman–Crippen MR) is 115 cm³/mol. The van der Waals surface area contributed by atoms with Gasteiger partial charge in [0.2, 0.25) is 0 Å². The van der Waals surface area contributed by atoms with Crippen molar-refractivity contribution in [2.75, 3.05) is 0 Å². The fourth-order valence-corrected chi connectivity index (χ4v) is 11.4. The van der Waals surface area contributed by atoms with Crippen LogP contribution in [0, 0.1) is 0 Å². The fourth-order valence-electron chi connectivity index (χ4n) is 4.63. The molecule has 0 radical (unpaired) electrons. The van der Waals surface area contributed by atoms with Gasteiger partial charge in [0.1, 0.15) is 0 Å². The Hall–Kier alpha value is -2.44.